The molecule has 2 saturated heterocycles. The minimum absolute atomic E-state index is 0.188. The van der Waals surface area contributed by atoms with Crippen LogP contribution in [0.25, 0.3) is 10.9 Å². The first-order chi connectivity index (χ1) is 17.6. The molecule has 5 rings (SSSR count). The number of carbonyl (C=O) groups excluding carboxylic acids is 1. The minimum atomic E-state index is -0.395. The molecule has 0 saturated carbocycles. The van der Waals surface area contributed by atoms with Gasteiger partial charge in [0.05, 0.1) is 11.1 Å². The van der Waals surface area contributed by atoms with Crippen molar-refractivity contribution in [1.29, 1.82) is 0 Å². The van der Waals surface area contributed by atoms with Gasteiger partial charge in [-0.15, -0.1) is 0 Å². The molecule has 4 heterocycles. The molecule has 0 bridgehead atoms. The SMILES string of the molecule is Cn1cc(CNCC2CCN(c3ncc(C(=O)NOC4CCCCO4)cn3)CC2)c2cccc(F)c21. The molecule has 2 aromatic heterocycles. The Morgan fingerprint density at radius 1 is 1.19 bits per heavy atom. The molecule has 0 radical (unpaired) electrons. The van der Waals surface area contributed by atoms with E-state index in [2.05, 4.69) is 25.7 Å². The average Bonchev–Trinajstić information content (AvgIpc) is 3.24. The summed E-state index contributed by atoms with van der Waals surface area (Å²) in [5.41, 5.74) is 4.54. The number of ether oxygens (including phenoxy) is 1. The summed E-state index contributed by atoms with van der Waals surface area (Å²) in [6.07, 6.45) is 9.53. The van der Waals surface area contributed by atoms with Crippen molar-refractivity contribution in [2.75, 3.05) is 31.1 Å². The van der Waals surface area contributed by atoms with Crippen LogP contribution in [0.1, 0.15) is 48.0 Å². The van der Waals surface area contributed by atoms with E-state index in [0.29, 0.717) is 36.1 Å². The van der Waals surface area contributed by atoms with E-state index in [4.69, 9.17) is 9.57 Å². The van der Waals surface area contributed by atoms with E-state index in [0.717, 1.165) is 62.7 Å². The molecule has 9 nitrogen and oxygen atoms in total. The van der Waals surface area contributed by atoms with Gasteiger partial charge in [-0.25, -0.2) is 24.7 Å². The molecule has 192 valence electrons. The second kappa shape index (κ2) is 11.3. The van der Waals surface area contributed by atoms with Gasteiger partial charge >= 0.3 is 0 Å². The van der Waals surface area contributed by atoms with Crippen LogP contribution < -0.4 is 15.7 Å². The zero-order valence-corrected chi connectivity index (χ0v) is 20.6. The maximum absolute atomic E-state index is 14.1. The standard InChI is InChI=1S/C26H33FN6O3/c1-32-17-20(21-5-4-6-22(27)24(21)32)14-28-13-18-8-10-33(11-9-18)26-29-15-19(16-30-26)25(34)31-36-23-7-2-3-12-35-23/h4-6,15-18,23,28H,2-3,7-14H2,1H3,(H,31,34). The van der Waals surface area contributed by atoms with Gasteiger partial charge in [0.1, 0.15) is 5.82 Å². The smallest absolute Gasteiger partial charge is 0.278 e. The van der Waals surface area contributed by atoms with E-state index >= 15 is 0 Å². The first kappa shape index (κ1) is 24.6. The summed E-state index contributed by atoms with van der Waals surface area (Å²) < 4.78 is 21.4. The molecule has 2 aliphatic heterocycles. The predicted octanol–water partition coefficient (Wildman–Crippen LogP) is 3.30. The van der Waals surface area contributed by atoms with Gasteiger partial charge in [0.25, 0.3) is 5.91 Å². The van der Waals surface area contributed by atoms with Crippen LogP contribution in [0.4, 0.5) is 10.3 Å². The number of hydrogen-bond acceptors (Lipinski definition) is 7. The summed E-state index contributed by atoms with van der Waals surface area (Å²) in [6, 6.07) is 5.24. The summed E-state index contributed by atoms with van der Waals surface area (Å²) in [5.74, 6) is 0.616. The molecule has 2 N–H and O–H groups in total. The van der Waals surface area contributed by atoms with Gasteiger partial charge in [0.15, 0.2) is 6.29 Å². The average molecular weight is 497 g/mol. The molecule has 10 heteroatoms. The number of para-hydroxylation sites is 1. The van der Waals surface area contributed by atoms with Crippen molar-refractivity contribution >= 4 is 22.8 Å². The molecule has 1 aromatic carbocycles. The van der Waals surface area contributed by atoms with Crippen molar-refractivity contribution in [3.05, 3.63) is 53.7 Å². The van der Waals surface area contributed by atoms with Gasteiger partial charge in [-0.1, -0.05) is 12.1 Å². The molecule has 2 fully saturated rings. The van der Waals surface area contributed by atoms with Crippen LogP contribution in [0.5, 0.6) is 0 Å². The Labute approximate surface area is 209 Å². The lowest BCUT2D eigenvalue weighted by atomic mass is 9.97. The van der Waals surface area contributed by atoms with Crippen LogP contribution in [-0.2, 0) is 23.2 Å². The number of aryl methyl sites for hydroxylation is 1. The van der Waals surface area contributed by atoms with Crippen LogP contribution in [0, 0.1) is 11.7 Å². The van der Waals surface area contributed by atoms with E-state index in [1.807, 2.05) is 23.9 Å². The molecule has 36 heavy (non-hydrogen) atoms. The van der Waals surface area contributed by atoms with Crippen LogP contribution in [0.3, 0.4) is 0 Å². The number of amides is 1. The number of nitrogens with zero attached hydrogens (tertiary/aromatic N) is 4. The summed E-state index contributed by atoms with van der Waals surface area (Å²) in [7, 11) is 1.88. The monoisotopic (exact) mass is 496 g/mol. The molecule has 3 aromatic rings. The number of carbonyl (C=O) groups is 1. The van der Waals surface area contributed by atoms with Crippen molar-refractivity contribution in [2.45, 2.75) is 44.9 Å². The van der Waals surface area contributed by atoms with Gasteiger partial charge in [-0.3, -0.25) is 4.79 Å². The highest BCUT2D eigenvalue weighted by Gasteiger charge is 2.22. The third kappa shape index (κ3) is 5.66. The molecule has 1 amide bonds. The van der Waals surface area contributed by atoms with Crippen molar-refractivity contribution in [3.63, 3.8) is 0 Å². The van der Waals surface area contributed by atoms with Crippen molar-refractivity contribution in [1.82, 2.24) is 25.3 Å². The van der Waals surface area contributed by atoms with Crippen LogP contribution >= 0.6 is 0 Å². The number of rotatable bonds is 8. The fourth-order valence-corrected chi connectivity index (χ4v) is 4.97. The lowest BCUT2D eigenvalue weighted by Gasteiger charge is -2.32. The maximum Gasteiger partial charge on any atom is 0.278 e. The molecule has 1 unspecified atom stereocenters. The van der Waals surface area contributed by atoms with E-state index in [1.165, 1.54) is 18.5 Å². The fourth-order valence-electron chi connectivity index (χ4n) is 4.97. The molecule has 0 aliphatic carbocycles. The highest BCUT2D eigenvalue weighted by atomic mass is 19.1. The lowest BCUT2D eigenvalue weighted by Crippen LogP contribution is -2.38. The second-order valence-corrected chi connectivity index (χ2v) is 9.58. The molecular formula is C26H33FN6O3. The van der Waals surface area contributed by atoms with Crippen molar-refractivity contribution in [3.8, 4) is 0 Å². The molecular weight excluding hydrogens is 463 g/mol. The largest absolute Gasteiger partial charge is 0.350 e. The number of halogens is 1. The minimum Gasteiger partial charge on any atom is -0.350 e. The summed E-state index contributed by atoms with van der Waals surface area (Å²) in [4.78, 5) is 28.6. The van der Waals surface area contributed by atoms with Gasteiger partial charge in [0, 0.05) is 63.7 Å². The van der Waals surface area contributed by atoms with Crippen LogP contribution in [0.2, 0.25) is 0 Å². The zero-order valence-electron chi connectivity index (χ0n) is 20.6. The van der Waals surface area contributed by atoms with E-state index < -0.39 is 6.29 Å². The Hall–Kier alpha value is -3.08. The highest BCUT2D eigenvalue weighted by Crippen LogP contribution is 2.24. The van der Waals surface area contributed by atoms with Crippen LogP contribution in [-0.4, -0.2) is 53.0 Å². The lowest BCUT2D eigenvalue weighted by molar-refractivity contribution is -0.186. The maximum atomic E-state index is 14.1. The van der Waals surface area contributed by atoms with E-state index in [-0.39, 0.29) is 11.7 Å². The van der Waals surface area contributed by atoms with Gasteiger partial charge in [0.2, 0.25) is 5.95 Å². The van der Waals surface area contributed by atoms with Gasteiger partial charge in [-0.05, 0) is 49.8 Å². The number of nitrogens with one attached hydrogen (secondary N) is 2. The molecule has 1 atom stereocenters. The van der Waals surface area contributed by atoms with E-state index in [1.54, 1.807) is 6.07 Å². The number of fused-ring (bicyclic) bond motifs is 1. The topological polar surface area (TPSA) is 93.5 Å². The number of piperidine rings is 1. The predicted molar refractivity (Wildman–Crippen MR) is 134 cm³/mol. The van der Waals surface area contributed by atoms with Crippen LogP contribution in [0.15, 0.2) is 36.8 Å². The Balaban J connectivity index is 1.06. The Morgan fingerprint density at radius 3 is 2.75 bits per heavy atom. The van der Waals surface area contributed by atoms with Crippen molar-refractivity contribution < 1.29 is 18.8 Å². The Kier molecular flexibility index (Phi) is 7.74. The zero-order chi connectivity index (χ0) is 24.9. The highest BCUT2D eigenvalue weighted by molar-refractivity contribution is 5.92. The van der Waals surface area contributed by atoms with Gasteiger partial charge in [-0.2, -0.15) is 0 Å². The Morgan fingerprint density at radius 2 is 2.00 bits per heavy atom. The third-order valence-electron chi connectivity index (χ3n) is 7.00. The fraction of sp³-hybridized carbons (Fsp3) is 0.500. The van der Waals surface area contributed by atoms with E-state index in [9.17, 15) is 9.18 Å². The number of aromatic nitrogens is 3. The summed E-state index contributed by atoms with van der Waals surface area (Å²) >= 11 is 0. The quantitative estimate of drug-likeness (QED) is 0.462. The first-order valence-electron chi connectivity index (χ1n) is 12.7. The normalized spacial score (nSPS) is 19.1. The first-order valence-corrected chi connectivity index (χ1v) is 12.7. The summed E-state index contributed by atoms with van der Waals surface area (Å²) in [5, 5.41) is 4.52. The molecule has 2 aliphatic rings. The third-order valence-corrected chi connectivity index (χ3v) is 7.00. The number of hydroxylamine groups is 1. The number of benzene rings is 1. The number of anilines is 1. The number of hydrogen-bond donors (Lipinski definition) is 2. The van der Waals surface area contributed by atoms with Crippen molar-refractivity contribution in [2.24, 2.45) is 13.0 Å². The van der Waals surface area contributed by atoms with Gasteiger partial charge < -0.3 is 19.5 Å². The second-order valence-electron chi connectivity index (χ2n) is 9.58. The summed E-state index contributed by atoms with van der Waals surface area (Å²) in [6.45, 7) is 3.99. The Bertz CT molecular complexity index is 1170. The molecule has 0 spiro atoms.